The van der Waals surface area contributed by atoms with Crippen LogP contribution in [0.1, 0.15) is 41.5 Å². The minimum absolute atomic E-state index is 0.350. The lowest BCUT2D eigenvalue weighted by Crippen LogP contribution is -2.13. The van der Waals surface area contributed by atoms with Crippen molar-refractivity contribution in [1.29, 1.82) is 0 Å². The van der Waals surface area contributed by atoms with Gasteiger partial charge < -0.3 is 0 Å². The maximum Gasteiger partial charge on any atom is -0.0171 e. The highest BCUT2D eigenvalue weighted by molar-refractivity contribution is 5.11. The zero-order chi connectivity index (χ0) is 8.36. The number of hydrogen-bond donors (Lipinski definition) is 0. The van der Waals surface area contributed by atoms with E-state index in [1.54, 1.807) is 5.57 Å². The average Bonchev–Trinajstić information content (AvgIpc) is 1.60. The number of allylic oxidation sites excluding steroid dienone is 2. The fraction of sp³-hybridized carbons (Fsp3) is 0.800. The van der Waals surface area contributed by atoms with Crippen molar-refractivity contribution in [2.45, 2.75) is 41.5 Å². The lowest BCUT2D eigenvalue weighted by atomic mass is 9.80. The molecule has 60 valence electrons. The molecule has 0 N–H and O–H groups in total. The van der Waals surface area contributed by atoms with Crippen LogP contribution in [0.15, 0.2) is 11.6 Å². The van der Waals surface area contributed by atoms with E-state index in [0.717, 1.165) is 0 Å². The molecule has 0 amide bonds. The molecule has 0 heterocycles. The van der Waals surface area contributed by atoms with Crippen LogP contribution < -0.4 is 0 Å². The molecule has 0 aliphatic rings. The van der Waals surface area contributed by atoms with Gasteiger partial charge in [0.2, 0.25) is 0 Å². The van der Waals surface area contributed by atoms with Gasteiger partial charge in [-0.3, -0.25) is 0 Å². The van der Waals surface area contributed by atoms with Gasteiger partial charge in [-0.1, -0.05) is 46.3 Å². The third-order valence-electron chi connectivity index (χ3n) is 1.80. The van der Waals surface area contributed by atoms with Gasteiger partial charge in [0, 0.05) is 0 Å². The Balaban J connectivity index is 4.40. The van der Waals surface area contributed by atoms with E-state index < -0.39 is 0 Å². The van der Waals surface area contributed by atoms with Crippen LogP contribution in [0.4, 0.5) is 0 Å². The van der Waals surface area contributed by atoms with Crippen molar-refractivity contribution >= 4 is 0 Å². The Kier molecular flexibility index (Phi) is 3.14. The molecule has 0 rings (SSSR count). The number of hydrogen-bond acceptors (Lipinski definition) is 0. The van der Waals surface area contributed by atoms with Crippen LogP contribution in [-0.4, -0.2) is 0 Å². The Morgan fingerprint density at radius 2 is 1.60 bits per heavy atom. The van der Waals surface area contributed by atoms with Gasteiger partial charge in [0.15, 0.2) is 0 Å². The quantitative estimate of drug-likeness (QED) is 0.488. The summed E-state index contributed by atoms with van der Waals surface area (Å²) in [7, 11) is 0. The minimum Gasteiger partial charge on any atom is -0.0877 e. The molecule has 0 atom stereocenters. The lowest BCUT2D eigenvalue weighted by Gasteiger charge is -2.25. The first-order chi connectivity index (χ1) is 4.39. The molecule has 0 fully saturated rings. The second-order valence-electron chi connectivity index (χ2n) is 4.15. The number of rotatable bonds is 1. The van der Waals surface area contributed by atoms with Crippen LogP contribution in [0.2, 0.25) is 0 Å². The van der Waals surface area contributed by atoms with Crippen LogP contribution >= 0.6 is 0 Å². The molecule has 0 bridgehead atoms. The van der Waals surface area contributed by atoms with Gasteiger partial charge in [0.05, 0.1) is 0 Å². The van der Waals surface area contributed by atoms with Crippen LogP contribution in [-0.2, 0) is 0 Å². The first-order valence-corrected chi connectivity index (χ1v) is 4.06. The summed E-state index contributed by atoms with van der Waals surface area (Å²) in [5.41, 5.74) is 1.90. The van der Waals surface area contributed by atoms with Crippen molar-refractivity contribution in [2.24, 2.45) is 11.3 Å². The Morgan fingerprint density at radius 1 is 1.20 bits per heavy atom. The van der Waals surface area contributed by atoms with Gasteiger partial charge in [-0.25, -0.2) is 0 Å². The first kappa shape index (κ1) is 9.74. The standard InChI is InChI=1S/C10H20/c1-7-9(8(2)3)10(4,5)6/h7-8H,1-6H3/b9-7+. The molecular formula is C10H20. The molecule has 0 unspecified atom stereocenters. The summed E-state index contributed by atoms with van der Waals surface area (Å²) in [4.78, 5) is 0. The topological polar surface area (TPSA) is 0 Å². The van der Waals surface area contributed by atoms with E-state index in [1.807, 2.05) is 0 Å². The Morgan fingerprint density at radius 3 is 1.60 bits per heavy atom. The third kappa shape index (κ3) is 2.55. The largest absolute Gasteiger partial charge is 0.0877 e. The fourth-order valence-corrected chi connectivity index (χ4v) is 1.63. The van der Waals surface area contributed by atoms with E-state index >= 15 is 0 Å². The minimum atomic E-state index is 0.350. The Labute approximate surface area is 65.3 Å². The maximum atomic E-state index is 2.27. The molecule has 0 aromatic rings. The molecule has 0 aromatic carbocycles. The highest BCUT2D eigenvalue weighted by Crippen LogP contribution is 2.30. The summed E-state index contributed by atoms with van der Waals surface area (Å²) >= 11 is 0. The van der Waals surface area contributed by atoms with Gasteiger partial charge in [-0.05, 0) is 18.3 Å². The second-order valence-corrected chi connectivity index (χ2v) is 4.15. The van der Waals surface area contributed by atoms with Gasteiger partial charge in [-0.15, -0.1) is 0 Å². The predicted molar refractivity (Wildman–Crippen MR) is 48.1 cm³/mol. The van der Waals surface area contributed by atoms with Crippen LogP contribution in [0.3, 0.4) is 0 Å². The van der Waals surface area contributed by atoms with Crippen LogP contribution in [0.25, 0.3) is 0 Å². The summed E-state index contributed by atoms with van der Waals surface area (Å²) in [6.07, 6.45) is 2.24. The Hall–Kier alpha value is -0.260. The Bertz CT molecular complexity index is 121. The van der Waals surface area contributed by atoms with Crippen molar-refractivity contribution in [3.05, 3.63) is 11.6 Å². The van der Waals surface area contributed by atoms with E-state index in [2.05, 4.69) is 47.6 Å². The molecule has 0 saturated carbocycles. The molecule has 0 aliphatic heterocycles. The summed E-state index contributed by atoms with van der Waals surface area (Å²) in [5, 5.41) is 0. The average molecular weight is 140 g/mol. The van der Waals surface area contributed by atoms with Crippen LogP contribution in [0, 0.1) is 11.3 Å². The smallest absolute Gasteiger partial charge is 0.0171 e. The van der Waals surface area contributed by atoms with Gasteiger partial charge in [0.1, 0.15) is 0 Å². The molecule has 0 aliphatic carbocycles. The van der Waals surface area contributed by atoms with Crippen molar-refractivity contribution in [3.63, 3.8) is 0 Å². The van der Waals surface area contributed by atoms with Crippen molar-refractivity contribution in [1.82, 2.24) is 0 Å². The highest BCUT2D eigenvalue weighted by atomic mass is 14.2. The molecule has 0 radical (unpaired) electrons. The van der Waals surface area contributed by atoms with Gasteiger partial charge in [-0.2, -0.15) is 0 Å². The van der Waals surface area contributed by atoms with Gasteiger partial charge in [0.25, 0.3) is 0 Å². The SMILES string of the molecule is C/C=C(\C(C)C)C(C)(C)C. The first-order valence-electron chi connectivity index (χ1n) is 4.06. The predicted octanol–water partition coefficient (Wildman–Crippen LogP) is 3.63. The van der Waals surface area contributed by atoms with E-state index in [9.17, 15) is 0 Å². The summed E-state index contributed by atoms with van der Waals surface area (Å²) < 4.78 is 0. The zero-order valence-electron chi connectivity index (χ0n) is 8.15. The molecule has 0 heteroatoms. The van der Waals surface area contributed by atoms with Gasteiger partial charge >= 0.3 is 0 Å². The second kappa shape index (κ2) is 3.23. The molecular weight excluding hydrogens is 120 g/mol. The van der Waals surface area contributed by atoms with E-state index in [-0.39, 0.29) is 0 Å². The van der Waals surface area contributed by atoms with E-state index in [1.165, 1.54) is 0 Å². The van der Waals surface area contributed by atoms with E-state index in [0.29, 0.717) is 11.3 Å². The zero-order valence-corrected chi connectivity index (χ0v) is 8.15. The fourth-order valence-electron chi connectivity index (χ4n) is 1.63. The van der Waals surface area contributed by atoms with Crippen LogP contribution in [0.5, 0.6) is 0 Å². The third-order valence-corrected chi connectivity index (χ3v) is 1.80. The molecule has 0 nitrogen and oxygen atoms in total. The van der Waals surface area contributed by atoms with Crippen molar-refractivity contribution in [2.75, 3.05) is 0 Å². The maximum absolute atomic E-state index is 2.27. The van der Waals surface area contributed by atoms with Crippen molar-refractivity contribution < 1.29 is 0 Å². The summed E-state index contributed by atoms with van der Waals surface area (Å²) in [6, 6.07) is 0. The molecule has 0 spiro atoms. The highest BCUT2D eigenvalue weighted by Gasteiger charge is 2.18. The summed E-state index contributed by atoms with van der Waals surface area (Å²) in [6.45, 7) is 13.4. The molecule has 0 saturated heterocycles. The monoisotopic (exact) mass is 140 g/mol. The van der Waals surface area contributed by atoms with Crippen molar-refractivity contribution in [3.8, 4) is 0 Å². The molecule has 10 heavy (non-hydrogen) atoms. The lowest BCUT2D eigenvalue weighted by molar-refractivity contribution is 0.447. The molecule has 0 aromatic heterocycles. The van der Waals surface area contributed by atoms with E-state index in [4.69, 9.17) is 0 Å². The summed E-state index contributed by atoms with van der Waals surface area (Å²) in [5.74, 6) is 0.685. The normalized spacial score (nSPS) is 14.5.